The van der Waals surface area contributed by atoms with Crippen LogP contribution in [0, 0.1) is 5.41 Å². The van der Waals surface area contributed by atoms with Gasteiger partial charge in [0, 0.05) is 13.1 Å². The first-order chi connectivity index (χ1) is 8.47. The van der Waals surface area contributed by atoms with Gasteiger partial charge in [-0.1, -0.05) is 42.7 Å². The molecule has 0 unspecified atom stereocenters. The predicted molar refractivity (Wildman–Crippen MR) is 89.0 cm³/mol. The van der Waals surface area contributed by atoms with Gasteiger partial charge in [-0.3, -0.25) is 0 Å². The average Bonchev–Trinajstić information content (AvgIpc) is 2.28. The number of allylic oxidation sites excluding steroid dienone is 3. The highest BCUT2D eigenvalue weighted by Gasteiger charge is 2.27. The highest BCUT2D eigenvalue weighted by molar-refractivity contribution is 5.85. The molecule has 0 aromatic rings. The van der Waals surface area contributed by atoms with E-state index in [-0.39, 0.29) is 12.4 Å². The average molecular weight is 284 g/mol. The molecule has 0 spiro atoms. The molecule has 1 aliphatic carbocycles. The number of halogens is 1. The maximum Gasteiger partial charge on any atom is 0.0164 e. The maximum atomic E-state index is 3.72. The van der Waals surface area contributed by atoms with Crippen molar-refractivity contribution < 1.29 is 0 Å². The van der Waals surface area contributed by atoms with Crippen LogP contribution in [0.25, 0.3) is 0 Å². The summed E-state index contributed by atoms with van der Waals surface area (Å²) in [6.45, 7) is 14.9. The summed E-state index contributed by atoms with van der Waals surface area (Å²) in [5.41, 5.74) is 5.11. The van der Waals surface area contributed by atoms with Crippen LogP contribution in [0.4, 0.5) is 0 Å². The summed E-state index contributed by atoms with van der Waals surface area (Å²) in [4.78, 5) is 0. The zero-order chi connectivity index (χ0) is 13.6. The van der Waals surface area contributed by atoms with Gasteiger partial charge in [-0.2, -0.15) is 0 Å². The van der Waals surface area contributed by atoms with E-state index in [1.54, 1.807) is 11.1 Å². The molecule has 0 saturated carbocycles. The summed E-state index contributed by atoms with van der Waals surface area (Å²) in [6, 6.07) is 0. The molecular formula is C17H30ClN. The fraction of sp³-hybridized carbons (Fsp3) is 0.647. The van der Waals surface area contributed by atoms with Crippen molar-refractivity contribution in [1.29, 1.82) is 0 Å². The lowest BCUT2D eigenvalue weighted by atomic mass is 9.71. The van der Waals surface area contributed by atoms with Crippen LogP contribution in [-0.4, -0.2) is 13.1 Å². The Balaban J connectivity index is 0.00000324. The summed E-state index contributed by atoms with van der Waals surface area (Å²) in [5.74, 6) is 0. The zero-order valence-corrected chi connectivity index (χ0v) is 13.8. The van der Waals surface area contributed by atoms with Gasteiger partial charge in [-0.25, -0.2) is 0 Å². The van der Waals surface area contributed by atoms with Crippen molar-refractivity contribution in [3.63, 3.8) is 0 Å². The largest absolute Gasteiger partial charge is 0.310 e. The molecule has 19 heavy (non-hydrogen) atoms. The fourth-order valence-electron chi connectivity index (χ4n) is 2.85. The van der Waals surface area contributed by atoms with Crippen molar-refractivity contribution in [2.45, 2.75) is 53.4 Å². The molecule has 0 aromatic heterocycles. The van der Waals surface area contributed by atoms with Crippen molar-refractivity contribution in [3.05, 3.63) is 35.5 Å². The monoisotopic (exact) mass is 283 g/mol. The first kappa shape index (κ1) is 18.5. The molecule has 1 nitrogen and oxygen atoms in total. The van der Waals surface area contributed by atoms with Crippen molar-refractivity contribution in [1.82, 2.24) is 5.32 Å². The molecular weight excluding hydrogens is 254 g/mol. The molecule has 0 aromatic carbocycles. The Morgan fingerprint density at radius 1 is 1.42 bits per heavy atom. The second-order valence-electron chi connectivity index (χ2n) is 6.17. The number of hydrogen-bond acceptors (Lipinski definition) is 1. The van der Waals surface area contributed by atoms with Crippen molar-refractivity contribution in [2.24, 2.45) is 5.41 Å². The summed E-state index contributed by atoms with van der Waals surface area (Å²) in [6.07, 6.45) is 9.40. The van der Waals surface area contributed by atoms with E-state index < -0.39 is 0 Å². The normalized spacial score (nSPS) is 19.1. The second kappa shape index (κ2) is 8.60. The summed E-state index contributed by atoms with van der Waals surface area (Å²) >= 11 is 0. The van der Waals surface area contributed by atoms with Gasteiger partial charge >= 0.3 is 0 Å². The number of rotatable bonds is 6. The molecule has 110 valence electrons. The molecule has 0 bridgehead atoms. The minimum Gasteiger partial charge on any atom is -0.310 e. The van der Waals surface area contributed by atoms with E-state index in [1.807, 2.05) is 6.08 Å². The third kappa shape index (κ3) is 5.97. The number of nitrogens with one attached hydrogen (secondary N) is 1. The minimum absolute atomic E-state index is 0. The Labute approximate surface area is 125 Å². The molecule has 0 fully saturated rings. The summed E-state index contributed by atoms with van der Waals surface area (Å²) in [7, 11) is 0. The molecule has 2 heteroatoms. The quantitative estimate of drug-likeness (QED) is 0.531. The first-order valence-electron chi connectivity index (χ1n) is 7.13. The van der Waals surface area contributed by atoms with Crippen molar-refractivity contribution in [2.75, 3.05) is 13.1 Å². The molecule has 0 amide bonds. The van der Waals surface area contributed by atoms with E-state index in [2.05, 4.69) is 45.7 Å². The smallest absolute Gasteiger partial charge is 0.0164 e. The maximum absolute atomic E-state index is 3.72. The van der Waals surface area contributed by atoms with E-state index in [1.165, 1.54) is 24.8 Å². The summed E-state index contributed by atoms with van der Waals surface area (Å²) < 4.78 is 0. The molecule has 1 N–H and O–H groups in total. The Morgan fingerprint density at radius 3 is 2.68 bits per heavy atom. The van der Waals surface area contributed by atoms with Gasteiger partial charge in [-0.15, -0.1) is 19.0 Å². The van der Waals surface area contributed by atoms with Crippen LogP contribution < -0.4 is 5.32 Å². The van der Waals surface area contributed by atoms with Gasteiger partial charge < -0.3 is 5.32 Å². The van der Waals surface area contributed by atoms with Crippen molar-refractivity contribution in [3.8, 4) is 0 Å². The highest BCUT2D eigenvalue weighted by Crippen LogP contribution is 2.41. The van der Waals surface area contributed by atoms with E-state index >= 15 is 0 Å². The third-order valence-electron chi connectivity index (χ3n) is 4.03. The lowest BCUT2D eigenvalue weighted by molar-refractivity contribution is 0.360. The van der Waals surface area contributed by atoms with Crippen LogP contribution in [0.3, 0.4) is 0 Å². The van der Waals surface area contributed by atoms with Gasteiger partial charge in [0.15, 0.2) is 0 Å². The standard InChI is InChI=1S/C17H29N.ClH/c1-6-12-18-13-14(2)9-10-16-15(3)8-7-11-17(16,4)5;/h6,9,18H,1,7-8,10-13H2,2-5H3;1H/b14-9-;. The van der Waals surface area contributed by atoms with E-state index in [4.69, 9.17) is 0 Å². The summed E-state index contributed by atoms with van der Waals surface area (Å²) in [5, 5.41) is 3.35. The Kier molecular flexibility index (Phi) is 8.36. The zero-order valence-electron chi connectivity index (χ0n) is 13.0. The van der Waals surface area contributed by atoms with Gasteiger partial charge in [0.05, 0.1) is 0 Å². The van der Waals surface area contributed by atoms with Gasteiger partial charge in [0.1, 0.15) is 0 Å². The van der Waals surface area contributed by atoms with E-state index in [0.717, 1.165) is 19.5 Å². The molecule has 0 saturated heterocycles. The highest BCUT2D eigenvalue weighted by atomic mass is 35.5. The van der Waals surface area contributed by atoms with Crippen LogP contribution in [0.5, 0.6) is 0 Å². The molecule has 0 aliphatic heterocycles. The number of hydrogen-bond donors (Lipinski definition) is 1. The Hall–Kier alpha value is -0.530. The molecule has 1 rings (SSSR count). The van der Waals surface area contributed by atoms with Crippen LogP contribution in [0.15, 0.2) is 35.5 Å². The molecule has 0 atom stereocenters. The van der Waals surface area contributed by atoms with Crippen LogP contribution in [0.1, 0.15) is 53.4 Å². The lowest BCUT2D eigenvalue weighted by Gasteiger charge is -2.34. The predicted octanol–water partition coefficient (Wildman–Crippen LogP) is 5.05. The van der Waals surface area contributed by atoms with E-state index in [9.17, 15) is 0 Å². The topological polar surface area (TPSA) is 12.0 Å². The van der Waals surface area contributed by atoms with Gasteiger partial charge in [-0.05, 0) is 44.9 Å². The molecule has 0 heterocycles. The van der Waals surface area contributed by atoms with Crippen molar-refractivity contribution >= 4 is 12.4 Å². The lowest BCUT2D eigenvalue weighted by Crippen LogP contribution is -2.20. The Bertz CT molecular complexity index is 350. The van der Waals surface area contributed by atoms with Crippen LogP contribution in [-0.2, 0) is 0 Å². The molecule has 0 radical (unpaired) electrons. The van der Waals surface area contributed by atoms with Gasteiger partial charge in [0.2, 0.25) is 0 Å². The van der Waals surface area contributed by atoms with Crippen LogP contribution >= 0.6 is 12.4 Å². The minimum atomic E-state index is 0. The first-order valence-corrected chi connectivity index (χ1v) is 7.13. The second-order valence-corrected chi connectivity index (χ2v) is 6.17. The fourth-order valence-corrected chi connectivity index (χ4v) is 2.85. The Morgan fingerprint density at radius 2 is 2.11 bits per heavy atom. The van der Waals surface area contributed by atoms with Gasteiger partial charge in [0.25, 0.3) is 0 Å². The van der Waals surface area contributed by atoms with Crippen LogP contribution in [0.2, 0.25) is 0 Å². The SMILES string of the molecule is C=CCNC/C(C)=C\CC1=C(C)CCCC1(C)C.Cl. The third-order valence-corrected chi connectivity index (χ3v) is 4.03. The molecule has 1 aliphatic rings. The van der Waals surface area contributed by atoms with E-state index in [0.29, 0.717) is 5.41 Å².